The van der Waals surface area contributed by atoms with Crippen molar-refractivity contribution >= 4 is 17.8 Å². The van der Waals surface area contributed by atoms with Crippen molar-refractivity contribution in [3.8, 4) is 0 Å². The van der Waals surface area contributed by atoms with Crippen LogP contribution in [-0.4, -0.2) is 17.5 Å². The smallest absolute Gasteiger partial charge is 0.0113 e. The van der Waals surface area contributed by atoms with Crippen molar-refractivity contribution in [2.45, 2.75) is 116 Å². The molecule has 0 radical (unpaired) electrons. The molecule has 2 heteroatoms. The molecule has 0 aromatic rings. The Kier molecular flexibility index (Phi) is 17.4. The zero-order valence-corrected chi connectivity index (χ0v) is 18.0. The highest BCUT2D eigenvalue weighted by molar-refractivity contribution is 7.39. The predicted molar refractivity (Wildman–Crippen MR) is 112 cm³/mol. The molecule has 0 aliphatic rings. The Hall–Kier alpha value is 0.860. The van der Waals surface area contributed by atoms with Crippen molar-refractivity contribution in [3.05, 3.63) is 0 Å². The van der Waals surface area contributed by atoms with Gasteiger partial charge in [-0.15, -0.1) is 17.8 Å². The molecule has 2 unspecified atom stereocenters. The minimum Gasteiger partial charge on any atom is -0.131 e. The van der Waals surface area contributed by atoms with Crippen molar-refractivity contribution < 1.29 is 0 Å². The number of unbranched alkanes of at least 4 members (excludes halogenated alkanes) is 9. The van der Waals surface area contributed by atoms with Crippen LogP contribution < -0.4 is 0 Å². The largest absolute Gasteiger partial charge is 0.131 e. The first-order chi connectivity index (χ1) is 10.7. The summed E-state index contributed by atoms with van der Waals surface area (Å²) in [7, 11) is 4.50. The van der Waals surface area contributed by atoms with Gasteiger partial charge >= 0.3 is 0 Å². The van der Waals surface area contributed by atoms with Gasteiger partial charge in [0.05, 0.1) is 0 Å². The van der Waals surface area contributed by atoms with Gasteiger partial charge in [0.15, 0.2) is 0 Å². The predicted octanol–water partition coefficient (Wildman–Crippen LogP) is 7.80. The second-order valence-corrected chi connectivity index (χ2v) is 9.80. The van der Waals surface area contributed by atoms with Gasteiger partial charge in [-0.3, -0.25) is 0 Å². The summed E-state index contributed by atoms with van der Waals surface area (Å²) in [6.45, 7) is 6.94. The van der Waals surface area contributed by atoms with Gasteiger partial charge in [-0.1, -0.05) is 91.4 Å². The summed E-state index contributed by atoms with van der Waals surface area (Å²) in [5.41, 5.74) is 0. The third kappa shape index (κ3) is 14.5. The van der Waals surface area contributed by atoms with E-state index in [9.17, 15) is 0 Å². The van der Waals surface area contributed by atoms with E-state index in [0.29, 0.717) is 5.16 Å². The summed E-state index contributed by atoms with van der Waals surface area (Å²) in [4.78, 5) is 0. The quantitative estimate of drug-likeness (QED) is 0.186. The lowest BCUT2D eigenvalue weighted by Gasteiger charge is -2.30. The first-order valence-corrected chi connectivity index (χ1v) is 12.2. The number of hydrogen-bond acceptors (Lipinski definition) is 0. The molecule has 0 saturated heterocycles. The molecule has 0 amide bonds. The molecule has 0 rings (SSSR count). The molecule has 22 heavy (non-hydrogen) atoms. The van der Waals surface area contributed by atoms with Crippen LogP contribution in [0.25, 0.3) is 0 Å². The Morgan fingerprint density at radius 1 is 0.636 bits per heavy atom. The highest BCUT2D eigenvalue weighted by Gasteiger charge is 2.22. The van der Waals surface area contributed by atoms with Crippen molar-refractivity contribution in [2.24, 2.45) is 0 Å². The van der Waals surface area contributed by atoms with Crippen LogP contribution in [-0.2, 0) is 0 Å². The lowest BCUT2D eigenvalue weighted by atomic mass is 9.95. The molecule has 0 N–H and O–H groups in total. The fourth-order valence-corrected chi connectivity index (χ4v) is 5.49. The number of hydrogen-bond donors (Lipinski definition) is 0. The molecule has 0 heterocycles. The summed E-state index contributed by atoms with van der Waals surface area (Å²) in [6, 6.07) is 0. The van der Waals surface area contributed by atoms with E-state index in [1.54, 1.807) is 0 Å². The van der Waals surface area contributed by atoms with Crippen LogP contribution >= 0.6 is 17.8 Å². The fourth-order valence-electron chi connectivity index (χ4n) is 3.12. The Bertz CT molecular complexity index is 204. The van der Waals surface area contributed by atoms with E-state index in [2.05, 4.69) is 30.0 Å². The highest BCUT2D eigenvalue weighted by Crippen LogP contribution is 2.37. The van der Waals surface area contributed by atoms with Crippen LogP contribution in [0.4, 0.5) is 0 Å². The maximum atomic E-state index is 3.30. The first-order valence-electron chi connectivity index (χ1n) is 10.2. The molecule has 0 aromatic heterocycles. The van der Waals surface area contributed by atoms with E-state index in [1.807, 2.05) is 0 Å². The van der Waals surface area contributed by atoms with Crippen LogP contribution in [0.15, 0.2) is 0 Å². The van der Waals surface area contributed by atoms with Gasteiger partial charge in [0.2, 0.25) is 0 Å². The van der Waals surface area contributed by atoms with Gasteiger partial charge in [0, 0.05) is 0 Å². The molecule has 0 saturated carbocycles. The zero-order valence-electron chi connectivity index (χ0n) is 15.9. The second-order valence-electron chi connectivity index (χ2n) is 7.22. The molecule has 0 nitrogen and oxygen atoms in total. The third-order valence-electron chi connectivity index (χ3n) is 4.74. The van der Waals surface area contributed by atoms with Crippen LogP contribution in [0.1, 0.15) is 111 Å². The number of rotatable bonds is 17. The molecule has 0 spiro atoms. The zero-order chi connectivity index (χ0) is 16.5. The molecular weight excluding hydrogens is 302 g/mol. The average Bonchev–Trinajstić information content (AvgIpc) is 2.52. The fraction of sp³-hybridized carbons (Fsp3) is 1.00. The normalized spacial score (nSPS) is 12.5. The van der Waals surface area contributed by atoms with E-state index in [-0.39, 0.29) is 0 Å². The topological polar surface area (TPSA) is 0 Å². The van der Waals surface area contributed by atoms with Crippen molar-refractivity contribution in [2.75, 3.05) is 12.3 Å². The van der Waals surface area contributed by atoms with Gasteiger partial charge in [-0.25, -0.2) is 0 Å². The summed E-state index contributed by atoms with van der Waals surface area (Å²) >= 11 is 0. The Labute approximate surface area is 146 Å². The van der Waals surface area contributed by atoms with E-state index >= 15 is 0 Å². The van der Waals surface area contributed by atoms with Gasteiger partial charge in [-0.05, 0) is 36.7 Å². The van der Waals surface area contributed by atoms with E-state index in [4.69, 9.17) is 0 Å². The standard InChI is InChI=1S/C20H44P2/c1-4-7-10-13-16-20(21,17-14-11-8-5-2)19-22-18-15-12-9-6-3/h22H,4-19,21H2,1-3H3. The highest BCUT2D eigenvalue weighted by atomic mass is 31.1. The van der Waals surface area contributed by atoms with Crippen LogP contribution in [0, 0.1) is 0 Å². The first kappa shape index (κ1) is 22.9. The lowest BCUT2D eigenvalue weighted by Crippen LogP contribution is -2.23. The van der Waals surface area contributed by atoms with Gasteiger partial charge < -0.3 is 0 Å². The van der Waals surface area contributed by atoms with Gasteiger partial charge in [0.25, 0.3) is 0 Å². The van der Waals surface area contributed by atoms with Crippen molar-refractivity contribution in [3.63, 3.8) is 0 Å². The van der Waals surface area contributed by atoms with E-state index in [1.165, 1.54) is 111 Å². The van der Waals surface area contributed by atoms with Gasteiger partial charge in [0.1, 0.15) is 0 Å². The molecule has 0 aliphatic carbocycles. The van der Waals surface area contributed by atoms with Crippen molar-refractivity contribution in [1.29, 1.82) is 0 Å². The summed E-state index contributed by atoms with van der Waals surface area (Å²) < 4.78 is 0. The minimum absolute atomic E-state index is 0.574. The van der Waals surface area contributed by atoms with Crippen LogP contribution in [0.5, 0.6) is 0 Å². The van der Waals surface area contributed by atoms with Crippen molar-refractivity contribution in [1.82, 2.24) is 0 Å². The average molecular weight is 347 g/mol. The SMILES string of the molecule is CCCCCCPCC(P)(CCCCCC)CCCCCC. The molecule has 0 bridgehead atoms. The summed E-state index contributed by atoms with van der Waals surface area (Å²) in [5, 5.41) is 0.574. The van der Waals surface area contributed by atoms with E-state index in [0.717, 1.165) is 0 Å². The maximum Gasteiger partial charge on any atom is -0.0113 e. The molecule has 0 fully saturated rings. The Morgan fingerprint density at radius 2 is 1.09 bits per heavy atom. The lowest BCUT2D eigenvalue weighted by molar-refractivity contribution is 0.477. The summed E-state index contributed by atoms with van der Waals surface area (Å²) in [5.74, 6) is 0. The van der Waals surface area contributed by atoms with Crippen LogP contribution in [0.3, 0.4) is 0 Å². The molecule has 0 aliphatic heterocycles. The Balaban J connectivity index is 3.96. The monoisotopic (exact) mass is 346 g/mol. The van der Waals surface area contributed by atoms with E-state index < -0.39 is 0 Å². The summed E-state index contributed by atoms with van der Waals surface area (Å²) in [6.07, 6.45) is 23.0. The minimum atomic E-state index is 0.574. The molecule has 2 atom stereocenters. The van der Waals surface area contributed by atoms with Crippen LogP contribution in [0.2, 0.25) is 0 Å². The Morgan fingerprint density at radius 3 is 1.55 bits per heavy atom. The third-order valence-corrected chi connectivity index (χ3v) is 7.59. The molecule has 0 aromatic carbocycles. The molecular formula is C20H44P2. The van der Waals surface area contributed by atoms with Gasteiger partial charge in [-0.2, -0.15) is 0 Å². The second kappa shape index (κ2) is 16.7. The molecule has 134 valence electrons. The maximum absolute atomic E-state index is 3.30.